The Balaban J connectivity index is 1.99. The molecule has 3 rings (SSSR count). The van der Waals surface area contributed by atoms with Crippen molar-refractivity contribution < 1.29 is 9.18 Å². The molecule has 0 aliphatic carbocycles. The number of para-hydroxylation sites is 1. The number of aryl methyl sites for hydroxylation is 2. The maximum absolute atomic E-state index is 13.8. The van der Waals surface area contributed by atoms with Crippen LogP contribution in [0, 0.1) is 37.9 Å². The molecule has 0 saturated carbocycles. The Labute approximate surface area is 173 Å². The van der Waals surface area contributed by atoms with E-state index in [1.54, 1.807) is 6.07 Å². The van der Waals surface area contributed by atoms with Gasteiger partial charge in [-0.15, -0.1) is 0 Å². The number of nitriles is 1. The first kappa shape index (κ1) is 20.4. The number of rotatable bonds is 4. The SMILES string of the molecule is Cc1ccc(Cl)cc1-n1c(C)cc(/C=C(/C#N)C(=O)Nc2ccccc2F)c1C. The van der Waals surface area contributed by atoms with Gasteiger partial charge in [-0.1, -0.05) is 29.8 Å². The van der Waals surface area contributed by atoms with Crippen molar-refractivity contribution in [2.75, 3.05) is 5.32 Å². The van der Waals surface area contributed by atoms with Crippen molar-refractivity contribution in [3.05, 3.63) is 87.5 Å². The lowest BCUT2D eigenvalue weighted by Gasteiger charge is -2.13. The molecule has 0 atom stereocenters. The van der Waals surface area contributed by atoms with Crippen LogP contribution >= 0.6 is 11.6 Å². The molecule has 1 heterocycles. The molecule has 0 unspecified atom stereocenters. The zero-order chi connectivity index (χ0) is 21.1. The second kappa shape index (κ2) is 8.34. The molecule has 0 aliphatic heterocycles. The summed E-state index contributed by atoms with van der Waals surface area (Å²) in [5.74, 6) is -1.23. The number of hydrogen-bond acceptors (Lipinski definition) is 2. The van der Waals surface area contributed by atoms with Gasteiger partial charge in [0, 0.05) is 22.1 Å². The number of nitrogens with zero attached hydrogens (tertiary/aromatic N) is 2. The van der Waals surface area contributed by atoms with E-state index in [4.69, 9.17) is 11.6 Å². The third-order valence-corrected chi connectivity index (χ3v) is 4.90. The van der Waals surface area contributed by atoms with Crippen molar-refractivity contribution in [2.45, 2.75) is 20.8 Å². The molecule has 0 fully saturated rings. The molecule has 0 spiro atoms. The molecule has 0 saturated heterocycles. The van der Waals surface area contributed by atoms with Crippen LogP contribution in [0.15, 0.2) is 54.1 Å². The van der Waals surface area contributed by atoms with E-state index >= 15 is 0 Å². The first-order valence-electron chi connectivity index (χ1n) is 8.95. The first-order chi connectivity index (χ1) is 13.8. The summed E-state index contributed by atoms with van der Waals surface area (Å²) in [4.78, 5) is 12.5. The second-order valence-electron chi connectivity index (χ2n) is 6.70. The van der Waals surface area contributed by atoms with Crippen molar-refractivity contribution in [3.8, 4) is 11.8 Å². The topological polar surface area (TPSA) is 57.8 Å². The summed E-state index contributed by atoms with van der Waals surface area (Å²) in [7, 11) is 0. The highest BCUT2D eigenvalue weighted by Crippen LogP contribution is 2.27. The van der Waals surface area contributed by atoms with Gasteiger partial charge in [0.2, 0.25) is 0 Å². The zero-order valence-corrected chi connectivity index (χ0v) is 17.0. The van der Waals surface area contributed by atoms with E-state index in [1.807, 2.05) is 55.7 Å². The number of amides is 1. The number of halogens is 2. The quantitative estimate of drug-likeness (QED) is 0.442. The van der Waals surface area contributed by atoms with E-state index in [-0.39, 0.29) is 11.3 Å². The molecule has 1 amide bonds. The molecule has 29 heavy (non-hydrogen) atoms. The third-order valence-electron chi connectivity index (χ3n) is 4.67. The lowest BCUT2D eigenvalue weighted by Crippen LogP contribution is -2.14. The minimum absolute atomic E-state index is 0.0266. The minimum Gasteiger partial charge on any atom is -0.319 e. The predicted molar refractivity (Wildman–Crippen MR) is 114 cm³/mol. The van der Waals surface area contributed by atoms with Crippen molar-refractivity contribution in [2.24, 2.45) is 0 Å². The van der Waals surface area contributed by atoms with Crippen LogP contribution in [-0.4, -0.2) is 10.5 Å². The standard InChI is InChI=1S/C23H19ClFN3O/c1-14-8-9-19(24)12-22(14)28-15(2)10-17(16(28)3)11-18(13-26)23(29)27-21-7-5-4-6-20(21)25/h4-12H,1-3H3,(H,27,29)/b18-11-. The minimum atomic E-state index is -0.665. The summed E-state index contributed by atoms with van der Waals surface area (Å²) in [6.07, 6.45) is 1.51. The fourth-order valence-electron chi connectivity index (χ4n) is 3.18. The number of anilines is 1. The monoisotopic (exact) mass is 407 g/mol. The predicted octanol–water partition coefficient (Wildman–Crippen LogP) is 5.74. The normalized spacial score (nSPS) is 11.2. The molecule has 1 N–H and O–H groups in total. The number of aromatic nitrogens is 1. The van der Waals surface area contributed by atoms with Crippen LogP contribution in [0.5, 0.6) is 0 Å². The van der Waals surface area contributed by atoms with E-state index in [9.17, 15) is 14.4 Å². The number of nitrogens with one attached hydrogen (secondary N) is 1. The van der Waals surface area contributed by atoms with E-state index in [0.717, 1.165) is 28.2 Å². The van der Waals surface area contributed by atoms with E-state index in [2.05, 4.69) is 5.32 Å². The van der Waals surface area contributed by atoms with Crippen LogP contribution < -0.4 is 5.32 Å². The Morgan fingerprint density at radius 2 is 1.90 bits per heavy atom. The molecule has 0 aliphatic rings. The maximum atomic E-state index is 13.8. The Bertz CT molecular complexity index is 1170. The molecule has 3 aromatic rings. The molecule has 1 aromatic heterocycles. The van der Waals surface area contributed by atoms with Crippen LogP contribution in [0.25, 0.3) is 11.8 Å². The van der Waals surface area contributed by atoms with Crippen LogP contribution in [0.4, 0.5) is 10.1 Å². The fourth-order valence-corrected chi connectivity index (χ4v) is 3.35. The van der Waals surface area contributed by atoms with Crippen molar-refractivity contribution >= 4 is 29.3 Å². The number of hydrogen-bond donors (Lipinski definition) is 1. The Morgan fingerprint density at radius 3 is 2.59 bits per heavy atom. The molecule has 0 bridgehead atoms. The van der Waals surface area contributed by atoms with Gasteiger partial charge in [0.1, 0.15) is 17.5 Å². The summed E-state index contributed by atoms with van der Waals surface area (Å²) in [6, 6.07) is 15.3. The third kappa shape index (κ3) is 4.23. The molecule has 146 valence electrons. The second-order valence-corrected chi connectivity index (χ2v) is 7.13. The van der Waals surface area contributed by atoms with Gasteiger partial charge in [0.15, 0.2) is 0 Å². The molecular formula is C23H19ClFN3O. The largest absolute Gasteiger partial charge is 0.319 e. The van der Waals surface area contributed by atoms with Gasteiger partial charge in [-0.05, 0) is 68.3 Å². The highest BCUT2D eigenvalue weighted by molar-refractivity contribution is 6.30. The van der Waals surface area contributed by atoms with Crippen molar-refractivity contribution in [1.29, 1.82) is 5.26 Å². The van der Waals surface area contributed by atoms with Crippen molar-refractivity contribution in [1.82, 2.24) is 4.57 Å². The van der Waals surface area contributed by atoms with E-state index in [1.165, 1.54) is 24.3 Å². The number of carbonyl (C=O) groups is 1. The highest BCUT2D eigenvalue weighted by Gasteiger charge is 2.16. The maximum Gasteiger partial charge on any atom is 0.266 e. The molecular weight excluding hydrogens is 389 g/mol. The summed E-state index contributed by atoms with van der Waals surface area (Å²) in [5.41, 5.74) is 4.41. The average Bonchev–Trinajstić information content (AvgIpc) is 2.96. The molecule has 6 heteroatoms. The molecule has 0 radical (unpaired) electrons. The van der Waals surface area contributed by atoms with Gasteiger partial charge in [-0.25, -0.2) is 4.39 Å². The summed E-state index contributed by atoms with van der Waals surface area (Å²) < 4.78 is 15.8. The summed E-state index contributed by atoms with van der Waals surface area (Å²) in [6.45, 7) is 5.84. The zero-order valence-electron chi connectivity index (χ0n) is 16.3. The number of carbonyl (C=O) groups excluding carboxylic acids is 1. The van der Waals surface area contributed by atoms with Gasteiger partial charge < -0.3 is 9.88 Å². The number of benzene rings is 2. The first-order valence-corrected chi connectivity index (χ1v) is 9.32. The molecule has 4 nitrogen and oxygen atoms in total. The Hall–Kier alpha value is -3.36. The van der Waals surface area contributed by atoms with Crippen LogP contribution in [0.1, 0.15) is 22.5 Å². The fraction of sp³-hybridized carbons (Fsp3) is 0.130. The van der Waals surface area contributed by atoms with Gasteiger partial charge >= 0.3 is 0 Å². The van der Waals surface area contributed by atoms with Gasteiger partial charge in [-0.2, -0.15) is 5.26 Å². The van der Waals surface area contributed by atoms with E-state index in [0.29, 0.717) is 5.02 Å². The van der Waals surface area contributed by atoms with Gasteiger partial charge in [-0.3, -0.25) is 4.79 Å². The van der Waals surface area contributed by atoms with Crippen LogP contribution in [-0.2, 0) is 4.79 Å². The Kier molecular flexibility index (Phi) is 5.86. The van der Waals surface area contributed by atoms with Crippen LogP contribution in [0.2, 0.25) is 5.02 Å². The van der Waals surface area contributed by atoms with E-state index < -0.39 is 11.7 Å². The van der Waals surface area contributed by atoms with Gasteiger partial charge in [0.25, 0.3) is 5.91 Å². The summed E-state index contributed by atoms with van der Waals surface area (Å²) in [5, 5.41) is 12.5. The van der Waals surface area contributed by atoms with Gasteiger partial charge in [0.05, 0.1) is 5.69 Å². The lowest BCUT2D eigenvalue weighted by atomic mass is 10.1. The lowest BCUT2D eigenvalue weighted by molar-refractivity contribution is -0.112. The highest BCUT2D eigenvalue weighted by atomic mass is 35.5. The van der Waals surface area contributed by atoms with Crippen LogP contribution in [0.3, 0.4) is 0 Å². The van der Waals surface area contributed by atoms with Crippen molar-refractivity contribution in [3.63, 3.8) is 0 Å². The smallest absolute Gasteiger partial charge is 0.266 e. The molecule has 2 aromatic carbocycles. The summed E-state index contributed by atoms with van der Waals surface area (Å²) >= 11 is 6.16. The average molecular weight is 408 g/mol. The Morgan fingerprint density at radius 1 is 1.17 bits per heavy atom.